The van der Waals surface area contributed by atoms with E-state index in [9.17, 15) is 13.6 Å². The Kier molecular flexibility index (Phi) is 4.78. The van der Waals surface area contributed by atoms with E-state index >= 15 is 0 Å². The van der Waals surface area contributed by atoms with Crippen LogP contribution in [0, 0.1) is 11.6 Å². The van der Waals surface area contributed by atoms with Gasteiger partial charge in [-0.25, -0.2) is 8.78 Å². The number of carbonyl (C=O) groups is 1. The highest BCUT2D eigenvalue weighted by Gasteiger charge is 2.30. The van der Waals surface area contributed by atoms with Crippen molar-refractivity contribution in [1.29, 1.82) is 0 Å². The number of esters is 1. The van der Waals surface area contributed by atoms with E-state index in [4.69, 9.17) is 0 Å². The van der Waals surface area contributed by atoms with Crippen molar-refractivity contribution < 1.29 is 18.3 Å². The fourth-order valence-electron chi connectivity index (χ4n) is 1.89. The topological polar surface area (TPSA) is 38.3 Å². The Bertz CT molecular complexity index is 417. The van der Waals surface area contributed by atoms with Crippen molar-refractivity contribution in [2.24, 2.45) is 0 Å². The van der Waals surface area contributed by atoms with Crippen LogP contribution in [-0.4, -0.2) is 19.6 Å². The lowest BCUT2D eigenvalue weighted by atomic mass is 9.88. The van der Waals surface area contributed by atoms with E-state index in [1.54, 1.807) is 6.92 Å². The molecule has 0 saturated carbocycles. The summed E-state index contributed by atoms with van der Waals surface area (Å²) in [5, 5.41) is 3.06. The normalized spacial score (nSPS) is 14.1. The first-order valence-electron chi connectivity index (χ1n) is 5.69. The van der Waals surface area contributed by atoms with Crippen LogP contribution in [0.15, 0.2) is 18.2 Å². The van der Waals surface area contributed by atoms with Crippen LogP contribution in [0.2, 0.25) is 0 Å². The minimum atomic E-state index is -0.856. The molecule has 0 radical (unpaired) electrons. The molecule has 0 aliphatic carbocycles. The SMILES string of the molecule is CCNC(C)(CC(=O)OC)c1cc(F)cc(F)c1. The molecule has 100 valence electrons. The Hall–Kier alpha value is -1.49. The smallest absolute Gasteiger partial charge is 0.307 e. The Balaban J connectivity index is 3.12. The maximum absolute atomic E-state index is 13.2. The molecule has 1 unspecified atom stereocenters. The first-order valence-corrected chi connectivity index (χ1v) is 5.69. The first-order chi connectivity index (χ1) is 8.41. The molecule has 0 aliphatic heterocycles. The Morgan fingerprint density at radius 1 is 1.33 bits per heavy atom. The van der Waals surface area contributed by atoms with Crippen LogP contribution in [0.25, 0.3) is 0 Å². The predicted molar refractivity (Wildman–Crippen MR) is 64.0 cm³/mol. The summed E-state index contributed by atoms with van der Waals surface area (Å²) in [6.07, 6.45) is 0.000231. The molecule has 0 saturated heterocycles. The summed E-state index contributed by atoms with van der Waals surface area (Å²) in [5.74, 6) is -1.78. The molecular weight excluding hydrogens is 240 g/mol. The highest BCUT2D eigenvalue weighted by molar-refractivity contribution is 5.71. The molecule has 5 heteroatoms. The highest BCUT2D eigenvalue weighted by atomic mass is 19.1. The molecule has 0 fully saturated rings. The zero-order valence-corrected chi connectivity index (χ0v) is 10.7. The number of halogens is 2. The van der Waals surface area contributed by atoms with Crippen molar-refractivity contribution in [3.63, 3.8) is 0 Å². The number of benzene rings is 1. The van der Waals surface area contributed by atoms with Crippen molar-refractivity contribution in [2.45, 2.75) is 25.8 Å². The monoisotopic (exact) mass is 257 g/mol. The zero-order valence-electron chi connectivity index (χ0n) is 10.7. The number of ether oxygens (including phenoxy) is 1. The lowest BCUT2D eigenvalue weighted by molar-refractivity contribution is -0.142. The van der Waals surface area contributed by atoms with E-state index in [-0.39, 0.29) is 6.42 Å². The van der Waals surface area contributed by atoms with Crippen LogP contribution in [-0.2, 0) is 15.1 Å². The third kappa shape index (κ3) is 3.50. The van der Waals surface area contributed by atoms with Crippen LogP contribution in [0.1, 0.15) is 25.8 Å². The fourth-order valence-corrected chi connectivity index (χ4v) is 1.89. The minimum Gasteiger partial charge on any atom is -0.469 e. The van der Waals surface area contributed by atoms with Crippen molar-refractivity contribution in [1.82, 2.24) is 5.32 Å². The van der Waals surface area contributed by atoms with Gasteiger partial charge in [0.25, 0.3) is 0 Å². The number of methoxy groups -OCH3 is 1. The molecule has 0 spiro atoms. The molecule has 0 aliphatic rings. The van der Waals surface area contributed by atoms with Crippen LogP contribution in [0.4, 0.5) is 8.78 Å². The standard InChI is InChI=1S/C13H17F2NO2/c1-4-16-13(2,8-12(17)18-3)9-5-10(14)7-11(15)6-9/h5-7,16H,4,8H2,1-3H3. The third-order valence-electron chi connectivity index (χ3n) is 2.79. The van der Waals surface area contributed by atoms with Crippen LogP contribution in [0.5, 0.6) is 0 Å². The molecule has 0 heterocycles. The van der Waals surface area contributed by atoms with Gasteiger partial charge in [-0.2, -0.15) is 0 Å². The van der Waals surface area contributed by atoms with Gasteiger partial charge in [-0.05, 0) is 31.2 Å². The van der Waals surface area contributed by atoms with Gasteiger partial charge in [0.1, 0.15) is 11.6 Å². The van der Waals surface area contributed by atoms with Gasteiger partial charge >= 0.3 is 5.97 Å². The maximum Gasteiger partial charge on any atom is 0.307 e. The van der Waals surface area contributed by atoms with Gasteiger partial charge in [-0.3, -0.25) is 4.79 Å². The van der Waals surface area contributed by atoms with Gasteiger partial charge in [0.15, 0.2) is 0 Å². The van der Waals surface area contributed by atoms with Crippen molar-refractivity contribution in [3.8, 4) is 0 Å². The van der Waals surface area contributed by atoms with Crippen LogP contribution in [0.3, 0.4) is 0 Å². The first kappa shape index (κ1) is 14.6. The van der Waals surface area contributed by atoms with E-state index < -0.39 is 23.1 Å². The molecule has 3 nitrogen and oxygen atoms in total. The van der Waals surface area contributed by atoms with Crippen molar-refractivity contribution in [3.05, 3.63) is 35.4 Å². The number of hydrogen-bond donors (Lipinski definition) is 1. The molecule has 1 N–H and O–H groups in total. The van der Waals surface area contributed by atoms with Crippen LogP contribution >= 0.6 is 0 Å². The Morgan fingerprint density at radius 2 is 1.89 bits per heavy atom. The summed E-state index contributed by atoms with van der Waals surface area (Å²) in [6.45, 7) is 4.12. The Morgan fingerprint density at radius 3 is 2.33 bits per heavy atom. The largest absolute Gasteiger partial charge is 0.469 e. The van der Waals surface area contributed by atoms with Crippen molar-refractivity contribution in [2.75, 3.05) is 13.7 Å². The molecule has 1 aromatic carbocycles. The molecule has 1 aromatic rings. The van der Waals surface area contributed by atoms with E-state index in [0.717, 1.165) is 6.07 Å². The maximum atomic E-state index is 13.2. The number of rotatable bonds is 5. The molecule has 1 atom stereocenters. The van der Waals surface area contributed by atoms with E-state index in [0.29, 0.717) is 12.1 Å². The third-order valence-corrected chi connectivity index (χ3v) is 2.79. The fraction of sp³-hybridized carbons (Fsp3) is 0.462. The lowest BCUT2D eigenvalue weighted by Crippen LogP contribution is -2.41. The average Bonchev–Trinajstić information content (AvgIpc) is 2.27. The second kappa shape index (κ2) is 5.91. The van der Waals surface area contributed by atoms with Gasteiger partial charge in [-0.15, -0.1) is 0 Å². The number of hydrogen-bond acceptors (Lipinski definition) is 3. The summed E-state index contributed by atoms with van der Waals surface area (Å²) >= 11 is 0. The van der Waals surface area contributed by atoms with E-state index in [1.807, 2.05) is 6.92 Å². The van der Waals surface area contributed by atoms with Gasteiger partial charge < -0.3 is 10.1 Å². The quantitative estimate of drug-likeness (QED) is 0.823. The second-order valence-corrected chi connectivity index (χ2v) is 4.27. The van der Waals surface area contributed by atoms with Crippen molar-refractivity contribution >= 4 is 5.97 Å². The lowest BCUT2D eigenvalue weighted by Gasteiger charge is -2.30. The summed E-state index contributed by atoms with van der Waals surface area (Å²) in [7, 11) is 1.28. The summed E-state index contributed by atoms with van der Waals surface area (Å²) in [6, 6.07) is 3.23. The Labute approximate surface area is 105 Å². The highest BCUT2D eigenvalue weighted by Crippen LogP contribution is 2.26. The molecule has 0 amide bonds. The molecule has 18 heavy (non-hydrogen) atoms. The summed E-state index contributed by atoms with van der Waals surface area (Å²) < 4.78 is 31.1. The van der Waals surface area contributed by atoms with Gasteiger partial charge in [-0.1, -0.05) is 6.92 Å². The molecule has 1 rings (SSSR count). The van der Waals surface area contributed by atoms with Gasteiger partial charge in [0.05, 0.1) is 19.1 Å². The summed E-state index contributed by atoms with van der Waals surface area (Å²) in [4.78, 5) is 11.4. The summed E-state index contributed by atoms with van der Waals surface area (Å²) in [5.41, 5.74) is -0.475. The molecular formula is C13H17F2NO2. The van der Waals surface area contributed by atoms with Crippen LogP contribution < -0.4 is 5.32 Å². The predicted octanol–water partition coefficient (Wildman–Crippen LogP) is 2.35. The number of nitrogens with one attached hydrogen (secondary N) is 1. The van der Waals surface area contributed by atoms with E-state index in [2.05, 4.69) is 10.1 Å². The average molecular weight is 257 g/mol. The second-order valence-electron chi connectivity index (χ2n) is 4.27. The van der Waals surface area contributed by atoms with Gasteiger partial charge in [0, 0.05) is 6.07 Å². The zero-order chi connectivity index (χ0) is 13.8. The number of carbonyl (C=O) groups excluding carboxylic acids is 1. The molecule has 0 aromatic heterocycles. The minimum absolute atomic E-state index is 0.000231. The van der Waals surface area contributed by atoms with Gasteiger partial charge in [0.2, 0.25) is 0 Å². The van der Waals surface area contributed by atoms with E-state index in [1.165, 1.54) is 19.2 Å². The molecule has 0 bridgehead atoms.